The minimum absolute atomic E-state index is 0.107. The number of allylic oxidation sites excluding steroid dienone is 8. The molecule has 0 saturated heterocycles. The third kappa shape index (κ3) is 8.91. The van der Waals surface area contributed by atoms with E-state index in [1.54, 1.807) is 0 Å². The van der Waals surface area contributed by atoms with E-state index in [2.05, 4.69) is 148 Å². The first-order valence-electron chi connectivity index (χ1n) is 19.1. The second kappa shape index (κ2) is 14.5. The molecule has 4 aromatic rings. The molecule has 55 heavy (non-hydrogen) atoms. The van der Waals surface area contributed by atoms with Crippen molar-refractivity contribution >= 4 is 69.7 Å². The van der Waals surface area contributed by atoms with Gasteiger partial charge in [0.15, 0.2) is 5.71 Å². The van der Waals surface area contributed by atoms with Crippen molar-refractivity contribution in [3.05, 3.63) is 130 Å². The Labute approximate surface area is 328 Å². The van der Waals surface area contributed by atoms with Crippen molar-refractivity contribution in [2.75, 3.05) is 18.0 Å². The summed E-state index contributed by atoms with van der Waals surface area (Å²) >= 11 is -4.02. The summed E-state index contributed by atoms with van der Waals surface area (Å²) in [6, 6.07) is 26.9. The van der Waals surface area contributed by atoms with E-state index in [4.69, 9.17) is 11.6 Å². The molecule has 0 fully saturated rings. The molecule has 0 bridgehead atoms. The third-order valence-electron chi connectivity index (χ3n) is 11.1. The SMILES string of the molecule is CCCCN1/C(=C/C=C2\CCC(/C=C/C3=[N+](CCCC)c4ccc5ccccc5c4C3(C)C)=C2Cl)C(C)(C)c2c1ccc1ccccc21.[F][Sb-]([F])([F])([F])([F])[F]. The molecule has 4 aromatic carbocycles. The number of rotatable bonds is 9. The van der Waals surface area contributed by atoms with Crippen LogP contribution in [-0.4, -0.2) is 42.9 Å². The molecule has 7 rings (SSSR count). The van der Waals surface area contributed by atoms with Crippen molar-refractivity contribution in [1.29, 1.82) is 0 Å². The van der Waals surface area contributed by atoms with Crippen LogP contribution >= 0.6 is 11.6 Å². The van der Waals surface area contributed by atoms with E-state index < -0.39 is 19.5 Å². The molecule has 0 saturated carbocycles. The van der Waals surface area contributed by atoms with Crippen LogP contribution in [0.5, 0.6) is 0 Å². The van der Waals surface area contributed by atoms with Crippen molar-refractivity contribution in [3.63, 3.8) is 0 Å². The van der Waals surface area contributed by atoms with E-state index in [0.717, 1.165) is 43.8 Å². The van der Waals surface area contributed by atoms with Crippen LogP contribution in [0.2, 0.25) is 0 Å². The van der Waals surface area contributed by atoms with Crippen LogP contribution in [0.3, 0.4) is 0 Å². The zero-order valence-corrected chi connectivity index (χ0v) is 35.7. The molecule has 2 nitrogen and oxygen atoms in total. The maximum atomic E-state index is 9.93. The molecule has 0 unspecified atom stereocenters. The zero-order chi connectivity index (χ0) is 40.0. The Hall–Kier alpha value is -3.48. The molecular formula is C45H50ClF6N2Sb. The van der Waals surface area contributed by atoms with Gasteiger partial charge in [-0.1, -0.05) is 119 Å². The van der Waals surface area contributed by atoms with E-state index in [1.807, 2.05) is 0 Å². The predicted molar refractivity (Wildman–Crippen MR) is 221 cm³/mol. The minimum atomic E-state index is -11.2. The van der Waals surface area contributed by atoms with E-state index >= 15 is 0 Å². The van der Waals surface area contributed by atoms with Gasteiger partial charge >= 0.3 is 36.4 Å². The Morgan fingerprint density at radius 2 is 1.29 bits per heavy atom. The third-order valence-corrected chi connectivity index (χ3v) is 11.6. The zero-order valence-electron chi connectivity index (χ0n) is 32.4. The molecule has 3 aliphatic rings. The first kappa shape index (κ1) is 41.2. The normalized spacial score (nSPS) is 20.4. The van der Waals surface area contributed by atoms with Crippen molar-refractivity contribution in [2.24, 2.45) is 0 Å². The fraction of sp³-hybridized carbons (Fsp3) is 0.356. The summed E-state index contributed by atoms with van der Waals surface area (Å²) in [5.41, 5.74) is 10.6. The van der Waals surface area contributed by atoms with E-state index in [9.17, 15) is 16.9 Å². The van der Waals surface area contributed by atoms with Crippen LogP contribution in [0.1, 0.15) is 91.2 Å². The summed E-state index contributed by atoms with van der Waals surface area (Å²) in [6.45, 7) is 16.2. The van der Waals surface area contributed by atoms with Gasteiger partial charge in [0.05, 0.1) is 5.41 Å². The molecule has 0 radical (unpaired) electrons. The van der Waals surface area contributed by atoms with Gasteiger partial charge in [-0.25, -0.2) is 0 Å². The molecule has 0 amide bonds. The van der Waals surface area contributed by atoms with Gasteiger partial charge in [-0.15, -0.1) is 0 Å². The van der Waals surface area contributed by atoms with Crippen LogP contribution in [0.25, 0.3) is 21.5 Å². The van der Waals surface area contributed by atoms with Gasteiger partial charge in [-0.05, 0) is 89.6 Å². The summed E-state index contributed by atoms with van der Waals surface area (Å²) in [6.07, 6.45) is 16.0. The first-order valence-corrected chi connectivity index (χ1v) is 25.3. The fourth-order valence-corrected chi connectivity index (χ4v) is 8.87. The summed E-state index contributed by atoms with van der Waals surface area (Å²) in [5, 5.41) is 6.26. The summed E-state index contributed by atoms with van der Waals surface area (Å²) in [7, 11) is 0. The number of nitrogens with zero attached hydrogens (tertiary/aromatic N) is 2. The number of benzene rings is 4. The molecule has 0 N–H and O–H groups in total. The van der Waals surface area contributed by atoms with E-state index in [-0.39, 0.29) is 10.8 Å². The van der Waals surface area contributed by atoms with Crippen LogP contribution in [0.15, 0.2) is 119 Å². The van der Waals surface area contributed by atoms with E-state index in [0.29, 0.717) is 0 Å². The molecular weight excluding hydrogens is 840 g/mol. The average Bonchev–Trinajstić information content (AvgIpc) is 3.65. The van der Waals surface area contributed by atoms with Gasteiger partial charge in [0.1, 0.15) is 6.54 Å². The van der Waals surface area contributed by atoms with Gasteiger partial charge in [0, 0.05) is 52.5 Å². The topological polar surface area (TPSA) is 6.25 Å². The van der Waals surface area contributed by atoms with E-state index in [1.165, 1.54) is 79.4 Å². The Kier molecular flexibility index (Phi) is 10.8. The van der Waals surface area contributed by atoms with Crippen molar-refractivity contribution < 1.29 is 21.5 Å². The van der Waals surface area contributed by atoms with Gasteiger partial charge in [-0.2, -0.15) is 4.58 Å². The maximum absolute atomic E-state index is 11.2. The van der Waals surface area contributed by atoms with Gasteiger partial charge in [0.2, 0.25) is 5.69 Å². The molecule has 294 valence electrons. The quantitative estimate of drug-likeness (QED) is 0.0922. The average molecular weight is 890 g/mol. The van der Waals surface area contributed by atoms with Crippen LogP contribution < -0.4 is 4.90 Å². The second-order valence-electron chi connectivity index (χ2n) is 15.9. The van der Waals surface area contributed by atoms with Crippen LogP contribution in [0.4, 0.5) is 28.3 Å². The summed E-state index contributed by atoms with van der Waals surface area (Å²) < 4.78 is 62.1. The van der Waals surface area contributed by atoms with Crippen molar-refractivity contribution in [3.8, 4) is 0 Å². The number of unbranched alkanes of at least 4 members (excludes halogenated alkanes) is 2. The van der Waals surface area contributed by atoms with Crippen LogP contribution in [-0.2, 0) is 10.8 Å². The second-order valence-corrected chi connectivity index (χ2v) is 21.7. The Morgan fingerprint density at radius 1 is 0.709 bits per heavy atom. The fourth-order valence-electron chi connectivity index (χ4n) is 8.55. The summed E-state index contributed by atoms with van der Waals surface area (Å²) in [5.74, 6) is 0. The molecule has 1 aliphatic carbocycles. The number of fused-ring (bicyclic) bond motifs is 6. The molecule has 10 heteroatoms. The molecule has 0 atom stereocenters. The van der Waals surface area contributed by atoms with Crippen LogP contribution in [0, 0.1) is 0 Å². The first-order chi connectivity index (χ1) is 25.6. The molecule has 2 heterocycles. The Morgan fingerprint density at radius 3 is 1.91 bits per heavy atom. The monoisotopic (exact) mass is 888 g/mol. The number of hydrogen-bond acceptors (Lipinski definition) is 1. The Balaban J connectivity index is 0.000000672. The number of anilines is 1. The van der Waals surface area contributed by atoms with Gasteiger partial charge < -0.3 is 4.90 Å². The Bertz CT molecular complexity index is 2300. The number of halogens is 7. The van der Waals surface area contributed by atoms with Crippen molar-refractivity contribution in [2.45, 2.75) is 90.9 Å². The predicted octanol–water partition coefficient (Wildman–Crippen LogP) is 14.6. The molecule has 0 aromatic heterocycles. The molecule has 0 spiro atoms. The standard InChI is InChI=1S/C45H50ClN2.6FH.Sb/c1-7-9-29-47-37-25-21-31-15-11-13-17-35(31)41(37)44(3,4)39(47)27-23-33-19-20-34(43(33)46)24-28-40-45(5,6)42-36-18-14-12-16-32(36)22-26-38(42)48(40)30-10-8-2;;;;;;;/h11-18,21-28H,7-10,19-20,29-30H2,1-6H3;6*1H;/q+1;;;;;;;+5/p-6. The van der Waals surface area contributed by atoms with Crippen molar-refractivity contribution in [1.82, 2.24) is 0 Å². The summed E-state index contributed by atoms with van der Waals surface area (Å²) in [4.78, 5) is 2.57. The van der Waals surface area contributed by atoms with Gasteiger partial charge in [-0.3, -0.25) is 0 Å². The van der Waals surface area contributed by atoms with Gasteiger partial charge in [0.25, 0.3) is 0 Å². The number of hydrogen-bond donors (Lipinski definition) is 0. The molecule has 2 aliphatic heterocycles.